The summed E-state index contributed by atoms with van der Waals surface area (Å²) >= 11 is 18.3. The zero-order valence-electron chi connectivity index (χ0n) is 22.0. The third-order valence-corrected chi connectivity index (χ3v) is 8.51. The summed E-state index contributed by atoms with van der Waals surface area (Å²) in [6.45, 7) is 6.52. The van der Waals surface area contributed by atoms with Gasteiger partial charge in [0.1, 0.15) is 12.6 Å². The molecular weight excluding hydrogens is 581 g/mol. The number of nitrogens with zero attached hydrogens (tertiary/aromatic N) is 2. The maximum absolute atomic E-state index is 13.9. The van der Waals surface area contributed by atoms with Crippen LogP contribution in [-0.4, -0.2) is 43.3 Å². The second kappa shape index (κ2) is 12.6. The molecule has 0 radical (unpaired) electrons. The minimum absolute atomic E-state index is 0.00566. The van der Waals surface area contributed by atoms with Crippen LogP contribution < -0.4 is 9.62 Å². The van der Waals surface area contributed by atoms with Gasteiger partial charge in [-0.25, -0.2) is 8.42 Å². The number of benzene rings is 3. The molecule has 1 N–H and O–H groups in total. The fourth-order valence-corrected chi connectivity index (χ4v) is 5.63. The van der Waals surface area contributed by atoms with Gasteiger partial charge >= 0.3 is 0 Å². The quantitative estimate of drug-likeness (QED) is 0.314. The fraction of sp³-hybridized carbons (Fsp3) is 0.286. The molecule has 7 nitrogen and oxygen atoms in total. The minimum atomic E-state index is -4.15. The molecule has 0 saturated carbocycles. The molecule has 0 bridgehead atoms. The number of anilines is 1. The molecule has 2 amide bonds. The smallest absolute Gasteiger partial charge is 0.264 e. The van der Waals surface area contributed by atoms with E-state index in [0.29, 0.717) is 20.6 Å². The average Bonchev–Trinajstić information content (AvgIpc) is 2.87. The maximum atomic E-state index is 13.9. The number of amides is 2. The summed E-state index contributed by atoms with van der Waals surface area (Å²) < 4.78 is 28.4. The van der Waals surface area contributed by atoms with Crippen molar-refractivity contribution in [2.75, 3.05) is 10.8 Å². The molecule has 208 valence electrons. The first kappa shape index (κ1) is 30.8. The highest BCUT2D eigenvalue weighted by molar-refractivity contribution is 7.92. The molecular formula is C28H30Cl3N3O4S. The van der Waals surface area contributed by atoms with Crippen LogP contribution in [0.15, 0.2) is 77.7 Å². The highest BCUT2D eigenvalue weighted by Gasteiger charge is 2.33. The van der Waals surface area contributed by atoms with Crippen LogP contribution in [0.3, 0.4) is 0 Å². The molecule has 0 aromatic heterocycles. The number of halogens is 3. The highest BCUT2D eigenvalue weighted by Crippen LogP contribution is 2.27. The summed E-state index contributed by atoms with van der Waals surface area (Å²) in [5, 5.41) is 3.94. The number of rotatable bonds is 9. The van der Waals surface area contributed by atoms with Gasteiger partial charge in [-0.1, -0.05) is 59.1 Å². The van der Waals surface area contributed by atoms with Gasteiger partial charge in [0, 0.05) is 17.1 Å². The van der Waals surface area contributed by atoms with E-state index in [4.69, 9.17) is 34.8 Å². The van der Waals surface area contributed by atoms with E-state index < -0.39 is 34.1 Å². The first-order chi connectivity index (χ1) is 18.2. The van der Waals surface area contributed by atoms with Crippen LogP contribution in [0.5, 0.6) is 0 Å². The van der Waals surface area contributed by atoms with Crippen LogP contribution in [0.25, 0.3) is 0 Å². The molecule has 1 atom stereocenters. The molecule has 1 unspecified atom stereocenters. The van der Waals surface area contributed by atoms with Crippen molar-refractivity contribution in [1.29, 1.82) is 0 Å². The Morgan fingerprint density at radius 3 is 2.08 bits per heavy atom. The minimum Gasteiger partial charge on any atom is -0.350 e. The van der Waals surface area contributed by atoms with E-state index in [2.05, 4.69) is 5.32 Å². The highest BCUT2D eigenvalue weighted by atomic mass is 35.5. The largest absolute Gasteiger partial charge is 0.350 e. The molecule has 0 aliphatic carbocycles. The number of sulfonamides is 1. The van der Waals surface area contributed by atoms with Crippen molar-refractivity contribution in [3.8, 4) is 0 Å². The predicted octanol–water partition coefficient (Wildman–Crippen LogP) is 6.17. The standard InChI is InChI=1S/C28H30Cl3N3O4S/c1-19(27(36)32-28(2,3)4)33(17-20-10-15-24(30)25(31)16-20)26(35)18-34(22-13-11-21(29)12-14-22)39(37,38)23-8-6-5-7-9-23/h5-16,19H,17-18H2,1-4H3,(H,32,36). The summed E-state index contributed by atoms with van der Waals surface area (Å²) in [5.41, 5.74) is 0.324. The molecule has 0 aliphatic rings. The third kappa shape index (κ3) is 8.11. The Morgan fingerprint density at radius 2 is 1.51 bits per heavy atom. The molecule has 3 rings (SSSR count). The Hall–Kier alpha value is -2.78. The lowest BCUT2D eigenvalue weighted by Gasteiger charge is -2.33. The molecule has 0 aliphatic heterocycles. The van der Waals surface area contributed by atoms with Gasteiger partial charge in [-0.15, -0.1) is 0 Å². The van der Waals surface area contributed by atoms with E-state index in [0.717, 1.165) is 4.31 Å². The Bertz CT molecular complexity index is 1430. The molecule has 0 saturated heterocycles. The maximum Gasteiger partial charge on any atom is 0.264 e. The number of nitrogens with one attached hydrogen (secondary N) is 1. The lowest BCUT2D eigenvalue weighted by molar-refractivity contribution is -0.140. The second-order valence-corrected chi connectivity index (χ2v) is 13.1. The van der Waals surface area contributed by atoms with Gasteiger partial charge in [0.25, 0.3) is 10.0 Å². The van der Waals surface area contributed by atoms with Crippen LogP contribution in [0.2, 0.25) is 15.1 Å². The van der Waals surface area contributed by atoms with Crippen LogP contribution in [0.4, 0.5) is 5.69 Å². The van der Waals surface area contributed by atoms with Gasteiger partial charge in [0.15, 0.2) is 0 Å². The fourth-order valence-electron chi connectivity index (χ4n) is 3.75. The lowest BCUT2D eigenvalue weighted by Crippen LogP contribution is -2.54. The van der Waals surface area contributed by atoms with Crippen LogP contribution in [0, 0.1) is 0 Å². The van der Waals surface area contributed by atoms with Crippen molar-refractivity contribution in [2.24, 2.45) is 0 Å². The molecule has 39 heavy (non-hydrogen) atoms. The van der Waals surface area contributed by atoms with Crippen molar-refractivity contribution in [3.63, 3.8) is 0 Å². The lowest BCUT2D eigenvalue weighted by atomic mass is 10.1. The number of hydrogen-bond donors (Lipinski definition) is 1. The van der Waals surface area contributed by atoms with Gasteiger partial charge in [-0.2, -0.15) is 0 Å². The number of carbonyl (C=O) groups excluding carboxylic acids is 2. The summed E-state index contributed by atoms with van der Waals surface area (Å²) in [6.07, 6.45) is 0. The normalized spacial score (nSPS) is 12.5. The molecule has 0 heterocycles. The number of hydrogen-bond acceptors (Lipinski definition) is 4. The van der Waals surface area contributed by atoms with E-state index >= 15 is 0 Å². The van der Waals surface area contributed by atoms with Gasteiger partial charge in [0.05, 0.1) is 20.6 Å². The molecule has 11 heteroatoms. The Labute approximate surface area is 244 Å². The van der Waals surface area contributed by atoms with Gasteiger partial charge in [0.2, 0.25) is 11.8 Å². The summed E-state index contributed by atoms with van der Waals surface area (Å²) in [7, 11) is -4.15. The summed E-state index contributed by atoms with van der Waals surface area (Å²) in [4.78, 5) is 28.4. The topological polar surface area (TPSA) is 86.8 Å². The molecule has 0 spiro atoms. The van der Waals surface area contributed by atoms with E-state index in [1.165, 1.54) is 29.2 Å². The van der Waals surface area contributed by atoms with E-state index in [9.17, 15) is 18.0 Å². The summed E-state index contributed by atoms with van der Waals surface area (Å²) in [6, 6.07) is 17.9. The predicted molar refractivity (Wildman–Crippen MR) is 157 cm³/mol. The Kier molecular flexibility index (Phi) is 9.93. The monoisotopic (exact) mass is 609 g/mol. The zero-order chi connectivity index (χ0) is 29.0. The van der Waals surface area contributed by atoms with Crippen molar-refractivity contribution < 1.29 is 18.0 Å². The Balaban J connectivity index is 2.03. The van der Waals surface area contributed by atoms with Crippen molar-refractivity contribution >= 4 is 62.3 Å². The van der Waals surface area contributed by atoms with Gasteiger partial charge in [-0.3, -0.25) is 13.9 Å². The van der Waals surface area contributed by atoms with E-state index in [1.807, 2.05) is 20.8 Å². The first-order valence-corrected chi connectivity index (χ1v) is 14.7. The second-order valence-electron chi connectivity index (χ2n) is 9.99. The van der Waals surface area contributed by atoms with Gasteiger partial charge in [-0.05, 0) is 81.8 Å². The summed E-state index contributed by atoms with van der Waals surface area (Å²) in [5.74, 6) is -0.980. The van der Waals surface area contributed by atoms with E-state index in [-0.39, 0.29) is 23.0 Å². The molecule has 3 aromatic carbocycles. The van der Waals surface area contributed by atoms with Crippen molar-refractivity contribution in [2.45, 2.75) is 50.7 Å². The van der Waals surface area contributed by atoms with Gasteiger partial charge < -0.3 is 10.2 Å². The molecule has 0 fully saturated rings. The third-order valence-electron chi connectivity index (χ3n) is 5.73. The average molecular weight is 611 g/mol. The Morgan fingerprint density at radius 1 is 0.897 bits per heavy atom. The van der Waals surface area contributed by atoms with Crippen LogP contribution in [-0.2, 0) is 26.2 Å². The zero-order valence-corrected chi connectivity index (χ0v) is 25.1. The molecule has 3 aromatic rings. The van der Waals surface area contributed by atoms with Crippen molar-refractivity contribution in [1.82, 2.24) is 10.2 Å². The van der Waals surface area contributed by atoms with E-state index in [1.54, 1.807) is 55.5 Å². The SMILES string of the molecule is CC(C(=O)NC(C)(C)C)N(Cc1ccc(Cl)c(Cl)c1)C(=O)CN(c1ccc(Cl)cc1)S(=O)(=O)c1ccccc1. The van der Waals surface area contributed by atoms with Crippen molar-refractivity contribution in [3.05, 3.63) is 93.4 Å². The van der Waals surface area contributed by atoms with Crippen LogP contribution >= 0.6 is 34.8 Å². The number of carbonyl (C=O) groups is 2. The van der Waals surface area contributed by atoms with Crippen LogP contribution in [0.1, 0.15) is 33.3 Å². The first-order valence-electron chi connectivity index (χ1n) is 12.1.